The van der Waals surface area contributed by atoms with Crippen molar-refractivity contribution in [1.29, 1.82) is 0 Å². The van der Waals surface area contributed by atoms with Crippen LogP contribution in [0.4, 0.5) is 5.00 Å². The van der Waals surface area contributed by atoms with Crippen molar-refractivity contribution in [2.24, 2.45) is 0 Å². The molecule has 7 nitrogen and oxygen atoms in total. The van der Waals surface area contributed by atoms with E-state index in [-0.39, 0.29) is 16.5 Å². The predicted octanol–water partition coefficient (Wildman–Crippen LogP) is 3.46. The first-order valence-electron chi connectivity index (χ1n) is 8.50. The molecule has 2 amide bonds. The predicted molar refractivity (Wildman–Crippen MR) is 104 cm³/mol. The van der Waals surface area contributed by atoms with E-state index in [2.05, 4.69) is 10.6 Å². The van der Waals surface area contributed by atoms with E-state index >= 15 is 0 Å². The monoisotopic (exact) mass is 398 g/mol. The van der Waals surface area contributed by atoms with Gasteiger partial charge in [-0.25, -0.2) is 4.79 Å². The molecular weight excluding hydrogens is 380 g/mol. The van der Waals surface area contributed by atoms with E-state index in [1.807, 2.05) is 30.3 Å². The van der Waals surface area contributed by atoms with Crippen LogP contribution in [-0.2, 0) is 16.1 Å². The molecule has 1 atom stereocenters. The Hall–Kier alpha value is -3.39. The first-order chi connectivity index (χ1) is 13.5. The third-order valence-corrected chi connectivity index (χ3v) is 4.73. The fourth-order valence-electron chi connectivity index (χ4n) is 2.30. The van der Waals surface area contributed by atoms with Crippen LogP contribution in [0, 0.1) is 0 Å². The number of nitrogens with one attached hydrogen (secondary N) is 2. The summed E-state index contributed by atoms with van der Waals surface area (Å²) in [6.45, 7) is 1.86. The van der Waals surface area contributed by atoms with Crippen LogP contribution in [0.25, 0.3) is 0 Å². The number of rotatable bonds is 7. The number of carbonyl (C=O) groups excluding carboxylic acids is 3. The SMILES string of the molecule is CC(OC(=O)c1ccc(NC(=O)c2ccco2)s1)C(=O)NCc1ccccc1. The second kappa shape index (κ2) is 9.01. The summed E-state index contributed by atoms with van der Waals surface area (Å²) in [6.07, 6.45) is 0.454. The van der Waals surface area contributed by atoms with Crippen molar-refractivity contribution in [3.63, 3.8) is 0 Å². The Morgan fingerprint density at radius 3 is 2.57 bits per heavy atom. The first kappa shape index (κ1) is 19.4. The lowest BCUT2D eigenvalue weighted by Crippen LogP contribution is -2.35. The van der Waals surface area contributed by atoms with Gasteiger partial charge in [0.15, 0.2) is 11.9 Å². The Morgan fingerprint density at radius 1 is 1.07 bits per heavy atom. The molecule has 2 N–H and O–H groups in total. The highest BCUT2D eigenvalue weighted by Gasteiger charge is 2.20. The fraction of sp³-hybridized carbons (Fsp3) is 0.150. The lowest BCUT2D eigenvalue weighted by atomic mass is 10.2. The smallest absolute Gasteiger partial charge is 0.349 e. The molecule has 0 spiro atoms. The molecular formula is C20H18N2O5S. The number of hydrogen-bond donors (Lipinski definition) is 2. The van der Waals surface area contributed by atoms with Crippen LogP contribution < -0.4 is 10.6 Å². The van der Waals surface area contributed by atoms with Gasteiger partial charge in [0.05, 0.1) is 11.3 Å². The Morgan fingerprint density at radius 2 is 1.86 bits per heavy atom. The standard InChI is InChI=1S/C20H18N2O5S/c1-13(18(23)21-12-14-6-3-2-4-7-14)27-20(25)16-9-10-17(28-16)22-19(24)15-8-5-11-26-15/h2-11,13H,12H2,1H3,(H,21,23)(H,22,24). The van der Waals surface area contributed by atoms with Gasteiger partial charge in [-0.05, 0) is 36.8 Å². The largest absolute Gasteiger partial charge is 0.459 e. The molecule has 144 valence electrons. The molecule has 0 fully saturated rings. The zero-order valence-corrected chi connectivity index (χ0v) is 15.8. The quantitative estimate of drug-likeness (QED) is 0.594. The van der Waals surface area contributed by atoms with Crippen LogP contribution in [-0.4, -0.2) is 23.9 Å². The van der Waals surface area contributed by atoms with Gasteiger partial charge in [-0.15, -0.1) is 11.3 Å². The maximum absolute atomic E-state index is 12.2. The average molecular weight is 398 g/mol. The second-order valence-electron chi connectivity index (χ2n) is 5.85. The van der Waals surface area contributed by atoms with Crippen molar-refractivity contribution in [3.8, 4) is 0 Å². The molecule has 8 heteroatoms. The third kappa shape index (κ3) is 5.08. The van der Waals surface area contributed by atoms with Crippen LogP contribution >= 0.6 is 11.3 Å². The number of hydrogen-bond acceptors (Lipinski definition) is 6. The van der Waals surface area contributed by atoms with Crippen LogP contribution in [0.5, 0.6) is 0 Å². The highest BCUT2D eigenvalue weighted by atomic mass is 32.1. The van der Waals surface area contributed by atoms with Crippen molar-refractivity contribution in [3.05, 3.63) is 77.1 Å². The van der Waals surface area contributed by atoms with Crippen molar-refractivity contribution in [2.75, 3.05) is 5.32 Å². The maximum Gasteiger partial charge on any atom is 0.349 e. The van der Waals surface area contributed by atoms with Crippen molar-refractivity contribution < 1.29 is 23.5 Å². The van der Waals surface area contributed by atoms with E-state index in [1.165, 1.54) is 25.3 Å². The number of carbonyl (C=O) groups is 3. The van der Waals surface area contributed by atoms with Gasteiger partial charge >= 0.3 is 5.97 Å². The van der Waals surface area contributed by atoms with Gasteiger partial charge in [0.1, 0.15) is 4.88 Å². The van der Waals surface area contributed by atoms with Crippen molar-refractivity contribution in [2.45, 2.75) is 19.6 Å². The zero-order chi connectivity index (χ0) is 19.9. The summed E-state index contributed by atoms with van der Waals surface area (Å²) in [6, 6.07) is 15.7. The third-order valence-electron chi connectivity index (χ3n) is 3.75. The average Bonchev–Trinajstić information content (AvgIpc) is 3.39. The number of furan rings is 1. The molecule has 2 heterocycles. The highest BCUT2D eigenvalue weighted by molar-refractivity contribution is 7.18. The van der Waals surface area contributed by atoms with Gasteiger partial charge in [0.25, 0.3) is 11.8 Å². The van der Waals surface area contributed by atoms with E-state index in [0.717, 1.165) is 16.9 Å². The molecule has 1 unspecified atom stereocenters. The number of thiophene rings is 1. The van der Waals surface area contributed by atoms with E-state index in [9.17, 15) is 14.4 Å². The van der Waals surface area contributed by atoms with Crippen LogP contribution in [0.3, 0.4) is 0 Å². The van der Waals surface area contributed by atoms with Gasteiger partial charge in [0, 0.05) is 6.54 Å². The molecule has 0 saturated heterocycles. The molecule has 0 aliphatic heterocycles. The molecule has 2 aromatic heterocycles. The lowest BCUT2D eigenvalue weighted by Gasteiger charge is -2.13. The Bertz CT molecular complexity index is 950. The molecule has 0 aliphatic rings. The minimum Gasteiger partial charge on any atom is -0.459 e. The summed E-state index contributed by atoms with van der Waals surface area (Å²) in [4.78, 5) is 36.6. The molecule has 0 saturated carbocycles. The van der Waals surface area contributed by atoms with Gasteiger partial charge in [-0.3, -0.25) is 9.59 Å². The fourth-order valence-corrected chi connectivity index (χ4v) is 3.08. The van der Waals surface area contributed by atoms with Gasteiger partial charge in [-0.2, -0.15) is 0 Å². The van der Waals surface area contributed by atoms with Crippen LogP contribution in [0.1, 0.15) is 32.7 Å². The van der Waals surface area contributed by atoms with Crippen LogP contribution in [0.2, 0.25) is 0 Å². The zero-order valence-electron chi connectivity index (χ0n) is 15.0. The molecule has 1 aromatic carbocycles. The molecule has 0 bridgehead atoms. The minimum atomic E-state index is -0.945. The highest BCUT2D eigenvalue weighted by Crippen LogP contribution is 2.23. The molecule has 3 aromatic rings. The van der Waals surface area contributed by atoms with Gasteiger partial charge in [-0.1, -0.05) is 30.3 Å². The topological polar surface area (TPSA) is 97.6 Å². The summed E-state index contributed by atoms with van der Waals surface area (Å²) >= 11 is 1.05. The van der Waals surface area contributed by atoms with Crippen molar-refractivity contribution >= 4 is 34.1 Å². The van der Waals surface area contributed by atoms with Crippen molar-refractivity contribution in [1.82, 2.24) is 5.32 Å². The number of esters is 1. The van der Waals surface area contributed by atoms with E-state index in [4.69, 9.17) is 9.15 Å². The van der Waals surface area contributed by atoms with Gasteiger partial charge in [0.2, 0.25) is 0 Å². The molecule has 28 heavy (non-hydrogen) atoms. The first-order valence-corrected chi connectivity index (χ1v) is 9.32. The molecule has 0 radical (unpaired) electrons. The summed E-state index contributed by atoms with van der Waals surface area (Å²) in [5.74, 6) is -1.27. The second-order valence-corrected chi connectivity index (χ2v) is 6.93. The number of ether oxygens (including phenoxy) is 1. The summed E-state index contributed by atoms with van der Waals surface area (Å²) < 4.78 is 10.2. The van der Waals surface area contributed by atoms with E-state index in [1.54, 1.807) is 12.1 Å². The number of amides is 2. The number of anilines is 1. The Labute approximate surface area is 165 Å². The van der Waals surface area contributed by atoms with Gasteiger partial charge < -0.3 is 19.8 Å². The summed E-state index contributed by atoms with van der Waals surface area (Å²) in [5, 5.41) is 5.82. The van der Waals surface area contributed by atoms with E-state index in [0.29, 0.717) is 11.5 Å². The maximum atomic E-state index is 12.2. The van der Waals surface area contributed by atoms with E-state index < -0.39 is 18.0 Å². The molecule has 0 aliphatic carbocycles. The summed E-state index contributed by atoms with van der Waals surface area (Å²) in [5.41, 5.74) is 0.949. The summed E-state index contributed by atoms with van der Waals surface area (Å²) in [7, 11) is 0. The Balaban J connectivity index is 1.50. The minimum absolute atomic E-state index is 0.168. The Kier molecular flexibility index (Phi) is 6.23. The van der Waals surface area contributed by atoms with Crippen LogP contribution in [0.15, 0.2) is 65.3 Å². The normalized spacial score (nSPS) is 11.5. The lowest BCUT2D eigenvalue weighted by molar-refractivity contribution is -0.129. The molecule has 3 rings (SSSR count). The number of benzene rings is 1.